The van der Waals surface area contributed by atoms with Crippen molar-refractivity contribution in [2.75, 3.05) is 25.0 Å². The number of hydrogen-bond acceptors (Lipinski definition) is 6. The van der Waals surface area contributed by atoms with E-state index in [9.17, 15) is 4.79 Å². The molecule has 26 heavy (non-hydrogen) atoms. The van der Waals surface area contributed by atoms with E-state index in [1.54, 1.807) is 16.2 Å². The minimum Gasteiger partial charge on any atom is -0.492 e. The molecule has 1 fully saturated rings. The van der Waals surface area contributed by atoms with Gasteiger partial charge in [-0.3, -0.25) is 0 Å². The maximum Gasteiger partial charge on any atom is 0.321 e. The van der Waals surface area contributed by atoms with E-state index in [2.05, 4.69) is 15.5 Å². The monoisotopic (exact) mass is 370 g/mol. The number of carbonyl (C=O) groups is 1. The first-order valence-corrected chi connectivity index (χ1v) is 9.27. The number of aromatic nitrogens is 2. The molecule has 2 aromatic heterocycles. The van der Waals surface area contributed by atoms with E-state index < -0.39 is 0 Å². The Balaban J connectivity index is 1.35. The zero-order chi connectivity index (χ0) is 17.9. The highest BCUT2D eigenvalue weighted by molar-refractivity contribution is 7.13. The fourth-order valence-corrected chi connectivity index (χ4v) is 3.40. The molecule has 1 aliphatic rings. The first kappa shape index (κ1) is 16.6. The number of nitrogens with zero attached hydrogens (tertiary/aromatic N) is 3. The second kappa shape index (κ2) is 7.17. The summed E-state index contributed by atoms with van der Waals surface area (Å²) in [6, 6.07) is 11.1. The Labute approximate surface area is 154 Å². The summed E-state index contributed by atoms with van der Waals surface area (Å²) < 4.78 is 10.9. The summed E-state index contributed by atoms with van der Waals surface area (Å²) in [7, 11) is 0. The van der Waals surface area contributed by atoms with Crippen molar-refractivity contribution in [1.29, 1.82) is 0 Å². The third-order valence-electron chi connectivity index (χ3n) is 4.13. The molecule has 3 aromatic rings. The van der Waals surface area contributed by atoms with Gasteiger partial charge < -0.3 is 19.5 Å². The van der Waals surface area contributed by atoms with Crippen LogP contribution in [-0.4, -0.2) is 40.8 Å². The van der Waals surface area contributed by atoms with Crippen LogP contribution >= 0.6 is 11.3 Å². The quantitative estimate of drug-likeness (QED) is 0.738. The zero-order valence-electron chi connectivity index (χ0n) is 14.2. The molecule has 1 saturated heterocycles. The molecule has 4 rings (SSSR count). The smallest absolute Gasteiger partial charge is 0.321 e. The van der Waals surface area contributed by atoms with Crippen molar-refractivity contribution < 1.29 is 14.1 Å². The number of hydrogen-bond donors (Lipinski definition) is 1. The molecule has 1 aliphatic heterocycles. The normalized spacial score (nSPS) is 14.1. The fraction of sp³-hybridized carbons (Fsp3) is 0.278. The van der Waals surface area contributed by atoms with Crippen LogP contribution in [0, 0.1) is 0 Å². The number of nitrogens with one attached hydrogen (secondary N) is 1. The van der Waals surface area contributed by atoms with E-state index in [0.29, 0.717) is 42.8 Å². The lowest BCUT2D eigenvalue weighted by molar-refractivity contribution is 0.147. The van der Waals surface area contributed by atoms with Gasteiger partial charge in [0.15, 0.2) is 0 Å². The van der Waals surface area contributed by atoms with Gasteiger partial charge in [0.2, 0.25) is 11.7 Å². The number of carbonyl (C=O) groups excluding carboxylic acids is 1. The number of amides is 2. The van der Waals surface area contributed by atoms with Crippen LogP contribution in [0.5, 0.6) is 5.75 Å². The van der Waals surface area contributed by atoms with Crippen molar-refractivity contribution in [3.63, 3.8) is 0 Å². The predicted octanol–water partition coefficient (Wildman–Crippen LogP) is 3.83. The second-order valence-corrected chi connectivity index (χ2v) is 6.84. The summed E-state index contributed by atoms with van der Waals surface area (Å²) >= 11 is 1.57. The van der Waals surface area contributed by atoms with E-state index in [1.165, 1.54) is 0 Å². The fourth-order valence-electron chi connectivity index (χ4n) is 2.75. The molecule has 1 N–H and O–H groups in total. The van der Waals surface area contributed by atoms with Crippen LogP contribution in [0.1, 0.15) is 18.7 Å². The molecule has 3 heterocycles. The molecule has 0 spiro atoms. The van der Waals surface area contributed by atoms with Crippen LogP contribution in [0.3, 0.4) is 0 Å². The van der Waals surface area contributed by atoms with Crippen LogP contribution in [0.15, 0.2) is 46.3 Å². The molecule has 0 saturated carbocycles. The summed E-state index contributed by atoms with van der Waals surface area (Å²) in [4.78, 5) is 19.5. The van der Waals surface area contributed by atoms with Gasteiger partial charge in [-0.2, -0.15) is 4.98 Å². The van der Waals surface area contributed by atoms with Crippen molar-refractivity contribution in [2.24, 2.45) is 0 Å². The van der Waals surface area contributed by atoms with E-state index in [-0.39, 0.29) is 11.9 Å². The minimum absolute atomic E-state index is 0.0732. The standard InChI is InChI=1S/C18H18N4O3S/c1-2-24-14-7-4-3-6-13(14)19-18(23)22-10-12(11-22)17-20-16(21-25-17)15-8-5-9-26-15/h3-9,12H,2,10-11H2,1H3,(H,19,23). The topological polar surface area (TPSA) is 80.5 Å². The Morgan fingerprint density at radius 3 is 2.96 bits per heavy atom. The van der Waals surface area contributed by atoms with Crippen LogP contribution in [0.25, 0.3) is 10.7 Å². The SMILES string of the molecule is CCOc1ccccc1NC(=O)N1CC(c2nc(-c3cccs3)no2)C1. The number of urea groups is 1. The van der Waals surface area contributed by atoms with Crippen molar-refractivity contribution >= 4 is 23.1 Å². The van der Waals surface area contributed by atoms with E-state index in [0.717, 1.165) is 4.88 Å². The molecule has 0 aliphatic carbocycles. The number of rotatable bonds is 5. The van der Waals surface area contributed by atoms with Gasteiger partial charge in [0, 0.05) is 13.1 Å². The summed E-state index contributed by atoms with van der Waals surface area (Å²) in [6.45, 7) is 3.55. The van der Waals surface area contributed by atoms with Crippen molar-refractivity contribution in [3.05, 3.63) is 47.7 Å². The molecule has 7 nitrogen and oxygen atoms in total. The lowest BCUT2D eigenvalue weighted by Gasteiger charge is -2.36. The second-order valence-electron chi connectivity index (χ2n) is 5.89. The summed E-state index contributed by atoms with van der Waals surface area (Å²) in [5.74, 6) is 1.91. The first-order chi connectivity index (χ1) is 12.7. The Kier molecular flexibility index (Phi) is 4.57. The van der Waals surface area contributed by atoms with E-state index in [1.807, 2.05) is 48.7 Å². The molecule has 0 bridgehead atoms. The first-order valence-electron chi connectivity index (χ1n) is 8.40. The Morgan fingerprint density at radius 1 is 1.35 bits per heavy atom. The lowest BCUT2D eigenvalue weighted by atomic mass is 10.0. The molecule has 134 valence electrons. The van der Waals surface area contributed by atoms with E-state index >= 15 is 0 Å². The van der Waals surface area contributed by atoms with E-state index in [4.69, 9.17) is 9.26 Å². The predicted molar refractivity (Wildman–Crippen MR) is 98.6 cm³/mol. The van der Waals surface area contributed by atoms with Gasteiger partial charge in [0.25, 0.3) is 0 Å². The molecule has 2 amide bonds. The molecule has 8 heteroatoms. The molecule has 0 unspecified atom stereocenters. The highest BCUT2D eigenvalue weighted by Gasteiger charge is 2.36. The number of likely N-dealkylation sites (tertiary alicyclic amines) is 1. The maximum absolute atomic E-state index is 12.4. The average molecular weight is 370 g/mol. The Morgan fingerprint density at radius 2 is 2.19 bits per heavy atom. The number of para-hydroxylation sites is 2. The van der Waals surface area contributed by atoms with Crippen molar-refractivity contribution in [1.82, 2.24) is 15.0 Å². The average Bonchev–Trinajstić information content (AvgIpc) is 3.26. The largest absolute Gasteiger partial charge is 0.492 e. The van der Waals surface area contributed by atoms with Gasteiger partial charge >= 0.3 is 6.03 Å². The summed E-state index contributed by atoms with van der Waals surface area (Å²) in [5.41, 5.74) is 0.667. The molecule has 0 atom stereocenters. The molecular formula is C18H18N4O3S. The summed E-state index contributed by atoms with van der Waals surface area (Å²) in [6.07, 6.45) is 0. The molecule has 1 aromatic carbocycles. The number of thiophene rings is 1. The lowest BCUT2D eigenvalue weighted by Crippen LogP contribution is -2.50. The molecule has 0 radical (unpaired) electrons. The minimum atomic E-state index is -0.161. The van der Waals surface area contributed by atoms with Crippen molar-refractivity contribution in [2.45, 2.75) is 12.8 Å². The van der Waals surface area contributed by atoms with Gasteiger partial charge in [-0.25, -0.2) is 4.79 Å². The highest BCUT2D eigenvalue weighted by atomic mass is 32.1. The zero-order valence-corrected chi connectivity index (χ0v) is 15.0. The Hall–Kier alpha value is -2.87. The van der Waals surface area contributed by atoms with Crippen LogP contribution < -0.4 is 10.1 Å². The van der Waals surface area contributed by atoms with Crippen LogP contribution in [0.4, 0.5) is 10.5 Å². The third kappa shape index (κ3) is 3.28. The molecular weight excluding hydrogens is 352 g/mol. The van der Waals surface area contributed by atoms with Gasteiger partial charge in [-0.1, -0.05) is 23.4 Å². The van der Waals surface area contributed by atoms with Gasteiger partial charge in [-0.15, -0.1) is 11.3 Å². The number of ether oxygens (including phenoxy) is 1. The van der Waals surface area contributed by atoms with Gasteiger partial charge in [0.05, 0.1) is 23.1 Å². The van der Waals surface area contributed by atoms with Crippen LogP contribution in [0.2, 0.25) is 0 Å². The highest BCUT2D eigenvalue weighted by Crippen LogP contribution is 2.30. The Bertz CT molecular complexity index is 887. The van der Waals surface area contributed by atoms with Crippen molar-refractivity contribution in [3.8, 4) is 16.5 Å². The van der Waals surface area contributed by atoms with Crippen LogP contribution in [-0.2, 0) is 0 Å². The summed E-state index contributed by atoms with van der Waals surface area (Å²) in [5, 5.41) is 8.89. The van der Waals surface area contributed by atoms with Gasteiger partial charge in [0.1, 0.15) is 5.75 Å². The maximum atomic E-state index is 12.4. The number of anilines is 1. The third-order valence-corrected chi connectivity index (χ3v) is 5.00. The number of benzene rings is 1. The van der Waals surface area contributed by atoms with Gasteiger partial charge in [-0.05, 0) is 30.5 Å².